The zero-order valence-electron chi connectivity index (χ0n) is 16.7. The van der Waals surface area contributed by atoms with Gasteiger partial charge in [-0.1, -0.05) is 36.4 Å². The number of amidine groups is 1. The predicted octanol–water partition coefficient (Wildman–Crippen LogP) is 2.90. The summed E-state index contributed by atoms with van der Waals surface area (Å²) < 4.78 is 10.7. The third kappa shape index (κ3) is 5.97. The Kier molecular flexibility index (Phi) is 8.24. The number of halogens is 1. The molecule has 3 rings (SSSR count). The van der Waals surface area contributed by atoms with Crippen LogP contribution in [0.4, 0.5) is 0 Å². The minimum atomic E-state index is -0.358. The summed E-state index contributed by atoms with van der Waals surface area (Å²) in [5.41, 5.74) is 8.21. The molecule has 0 radical (unpaired) electrons. The van der Waals surface area contributed by atoms with Gasteiger partial charge in [0, 0.05) is 5.56 Å². The van der Waals surface area contributed by atoms with Gasteiger partial charge in [0.2, 0.25) is 5.91 Å². The molecule has 4 N–H and O–H groups in total. The zero-order valence-corrected chi connectivity index (χ0v) is 17.5. The van der Waals surface area contributed by atoms with E-state index >= 15 is 0 Å². The van der Waals surface area contributed by atoms with Gasteiger partial charge < -0.3 is 20.5 Å². The maximum atomic E-state index is 12.0. The number of amides is 1. The lowest BCUT2D eigenvalue weighted by atomic mass is 10.0. The van der Waals surface area contributed by atoms with Gasteiger partial charge >= 0.3 is 5.97 Å². The van der Waals surface area contributed by atoms with Crippen LogP contribution in [-0.4, -0.2) is 37.0 Å². The van der Waals surface area contributed by atoms with E-state index in [4.69, 9.17) is 20.6 Å². The van der Waals surface area contributed by atoms with E-state index in [9.17, 15) is 9.59 Å². The fourth-order valence-electron chi connectivity index (χ4n) is 3.32. The Morgan fingerprint density at radius 3 is 2.30 bits per heavy atom. The smallest absolute Gasteiger partial charge is 0.306 e. The summed E-state index contributed by atoms with van der Waals surface area (Å²) >= 11 is 0. The van der Waals surface area contributed by atoms with Gasteiger partial charge in [-0.3, -0.25) is 15.0 Å². The summed E-state index contributed by atoms with van der Waals surface area (Å²) in [5, 5.41) is 10.3. The van der Waals surface area contributed by atoms with Gasteiger partial charge in [0.05, 0.1) is 25.0 Å². The van der Waals surface area contributed by atoms with Crippen LogP contribution in [0.25, 0.3) is 11.1 Å². The third-order valence-corrected chi connectivity index (χ3v) is 4.84. The number of rotatable bonds is 8. The minimum Gasteiger partial charge on any atom is -0.491 e. The van der Waals surface area contributed by atoms with Crippen molar-refractivity contribution in [2.75, 3.05) is 13.2 Å². The molecule has 0 bridgehead atoms. The van der Waals surface area contributed by atoms with E-state index in [2.05, 4.69) is 5.32 Å². The Balaban J connectivity index is 0.00000320. The number of nitrogens with one attached hydrogen (secondary N) is 2. The fraction of sp³-hybridized carbons (Fsp3) is 0.318. The molecule has 2 atom stereocenters. The van der Waals surface area contributed by atoms with E-state index in [0.29, 0.717) is 30.9 Å². The normalized spacial score (nSPS) is 17.6. The van der Waals surface area contributed by atoms with Crippen LogP contribution in [0, 0.1) is 11.3 Å². The molecule has 1 saturated heterocycles. The second-order valence-corrected chi connectivity index (χ2v) is 6.97. The monoisotopic (exact) mass is 431 g/mol. The summed E-state index contributed by atoms with van der Waals surface area (Å²) in [6, 6.07) is 15.0. The van der Waals surface area contributed by atoms with Crippen molar-refractivity contribution < 1.29 is 19.1 Å². The van der Waals surface area contributed by atoms with Crippen LogP contribution in [0.2, 0.25) is 0 Å². The summed E-state index contributed by atoms with van der Waals surface area (Å²) in [6.45, 7) is 2.41. The highest BCUT2D eigenvalue weighted by molar-refractivity contribution is 5.95. The zero-order chi connectivity index (χ0) is 20.8. The van der Waals surface area contributed by atoms with Crippen molar-refractivity contribution in [3.8, 4) is 16.9 Å². The van der Waals surface area contributed by atoms with E-state index in [1.165, 1.54) is 0 Å². The third-order valence-electron chi connectivity index (χ3n) is 4.84. The average Bonchev–Trinajstić information content (AvgIpc) is 3.06. The first-order valence-electron chi connectivity index (χ1n) is 9.60. The molecule has 2 aromatic rings. The number of ether oxygens (including phenoxy) is 2. The Bertz CT molecular complexity index is 884. The first-order valence-corrected chi connectivity index (χ1v) is 9.60. The maximum Gasteiger partial charge on any atom is 0.306 e. The number of nitrogen functional groups attached to an aromatic ring is 1. The SMILES string of the molecule is CCOC(=O)C[C@@H]1C[C@@H](COc2ccc(-c3ccc(C(=N)N)cc3)cc2)NC1=O.Cl. The molecule has 0 saturated carbocycles. The molecule has 0 spiro atoms. The van der Waals surface area contributed by atoms with E-state index in [1.807, 2.05) is 48.5 Å². The van der Waals surface area contributed by atoms with Gasteiger partial charge in [0.15, 0.2) is 0 Å². The highest BCUT2D eigenvalue weighted by atomic mass is 35.5. The maximum absolute atomic E-state index is 12.0. The molecule has 0 unspecified atom stereocenters. The first kappa shape index (κ1) is 23.2. The summed E-state index contributed by atoms with van der Waals surface area (Å²) in [4.78, 5) is 23.6. The molecule has 8 heteroatoms. The van der Waals surface area contributed by atoms with E-state index in [0.717, 1.165) is 11.1 Å². The molecule has 30 heavy (non-hydrogen) atoms. The quantitative estimate of drug-likeness (QED) is 0.338. The lowest BCUT2D eigenvalue weighted by Crippen LogP contribution is -2.31. The molecule has 2 aromatic carbocycles. The van der Waals surface area contributed by atoms with Crippen molar-refractivity contribution in [2.45, 2.75) is 25.8 Å². The van der Waals surface area contributed by atoms with E-state index < -0.39 is 0 Å². The van der Waals surface area contributed by atoms with Gasteiger partial charge in [-0.25, -0.2) is 0 Å². The summed E-state index contributed by atoms with van der Waals surface area (Å²) in [6.07, 6.45) is 0.658. The van der Waals surface area contributed by atoms with Gasteiger partial charge in [-0.2, -0.15) is 0 Å². The van der Waals surface area contributed by atoms with E-state index in [-0.39, 0.29) is 48.5 Å². The molecule has 7 nitrogen and oxygen atoms in total. The largest absolute Gasteiger partial charge is 0.491 e. The molecule has 1 heterocycles. The average molecular weight is 432 g/mol. The minimum absolute atomic E-state index is 0. The first-order chi connectivity index (χ1) is 14.0. The van der Waals surface area contributed by atoms with Crippen molar-refractivity contribution in [1.82, 2.24) is 5.32 Å². The number of hydrogen-bond donors (Lipinski definition) is 3. The lowest BCUT2D eigenvalue weighted by Gasteiger charge is -2.12. The Morgan fingerprint density at radius 2 is 1.73 bits per heavy atom. The van der Waals surface area contributed by atoms with Crippen molar-refractivity contribution in [3.63, 3.8) is 0 Å². The number of carbonyl (C=O) groups is 2. The molecule has 1 aliphatic heterocycles. The second kappa shape index (κ2) is 10.6. The second-order valence-electron chi connectivity index (χ2n) is 6.97. The van der Waals surface area contributed by atoms with Crippen LogP contribution in [-0.2, 0) is 14.3 Å². The highest BCUT2D eigenvalue weighted by Crippen LogP contribution is 2.24. The topological polar surface area (TPSA) is 114 Å². The predicted molar refractivity (Wildman–Crippen MR) is 117 cm³/mol. The van der Waals surface area contributed by atoms with Crippen molar-refractivity contribution >= 4 is 30.1 Å². The number of nitrogens with two attached hydrogens (primary N) is 1. The van der Waals surface area contributed by atoms with Crippen molar-refractivity contribution in [2.24, 2.45) is 11.7 Å². The Morgan fingerprint density at radius 1 is 1.13 bits per heavy atom. The standard InChI is InChI=1S/C22H25N3O4.ClH/c1-2-28-20(26)12-17-11-18(25-22(17)27)13-29-19-9-7-15(8-10-19)14-3-5-16(6-4-14)21(23)24;/h3-10,17-18H,2,11-13H2,1H3,(H3,23,24)(H,25,27);1H/t17-,18-;/m0./s1. The summed E-state index contributed by atoms with van der Waals surface area (Å²) in [5.74, 6) is -0.0823. The van der Waals surface area contributed by atoms with Gasteiger partial charge in [-0.05, 0) is 36.6 Å². The van der Waals surface area contributed by atoms with Crippen molar-refractivity contribution in [1.29, 1.82) is 5.41 Å². The molecule has 1 amide bonds. The molecule has 160 valence electrons. The number of esters is 1. The molecule has 1 fully saturated rings. The van der Waals surface area contributed by atoms with E-state index in [1.54, 1.807) is 6.92 Å². The number of carbonyl (C=O) groups excluding carboxylic acids is 2. The van der Waals surface area contributed by atoms with Crippen LogP contribution >= 0.6 is 12.4 Å². The molecular formula is C22H26ClN3O4. The highest BCUT2D eigenvalue weighted by Gasteiger charge is 2.34. The van der Waals surface area contributed by atoms with Crippen LogP contribution in [0.1, 0.15) is 25.3 Å². The number of benzene rings is 2. The van der Waals surface area contributed by atoms with Crippen LogP contribution in [0.5, 0.6) is 5.75 Å². The van der Waals surface area contributed by atoms with Crippen LogP contribution in [0.15, 0.2) is 48.5 Å². The fourth-order valence-corrected chi connectivity index (χ4v) is 3.32. The lowest BCUT2D eigenvalue weighted by molar-refractivity contribution is -0.145. The molecule has 1 aliphatic rings. The van der Waals surface area contributed by atoms with Gasteiger partial charge in [0.25, 0.3) is 0 Å². The molecule has 0 aromatic heterocycles. The summed E-state index contributed by atoms with van der Waals surface area (Å²) in [7, 11) is 0. The Labute approximate surface area is 181 Å². The van der Waals surface area contributed by atoms with Crippen LogP contribution in [0.3, 0.4) is 0 Å². The Hall–Kier alpha value is -3.06. The van der Waals surface area contributed by atoms with Crippen molar-refractivity contribution in [3.05, 3.63) is 54.1 Å². The van der Waals surface area contributed by atoms with Gasteiger partial charge in [-0.15, -0.1) is 12.4 Å². The molecule has 0 aliphatic carbocycles. The van der Waals surface area contributed by atoms with Gasteiger partial charge in [0.1, 0.15) is 18.2 Å². The molecular weight excluding hydrogens is 406 g/mol. The van der Waals surface area contributed by atoms with Crippen LogP contribution < -0.4 is 15.8 Å². The number of hydrogen-bond acceptors (Lipinski definition) is 5.